The number of Topliss-reactive ketones (excluding diaryl/α,β-unsaturated/α-hetero) is 1. The van der Waals surface area contributed by atoms with E-state index in [0.29, 0.717) is 31.7 Å². The number of hydrogen-bond acceptors (Lipinski definition) is 6. The number of hydrogen-bond donors (Lipinski definition) is 0. The Morgan fingerprint density at radius 3 is 2.30 bits per heavy atom. The molecule has 0 spiro atoms. The van der Waals surface area contributed by atoms with E-state index < -0.39 is 4.92 Å². The summed E-state index contributed by atoms with van der Waals surface area (Å²) in [5.41, 5.74) is 1.70. The van der Waals surface area contributed by atoms with E-state index in [9.17, 15) is 19.7 Å². The predicted octanol–water partition coefficient (Wildman–Crippen LogP) is 2.75. The van der Waals surface area contributed by atoms with Gasteiger partial charge >= 0.3 is 5.88 Å². The Balaban J connectivity index is 1.54. The molecule has 8 nitrogen and oxygen atoms in total. The first-order valence-corrected chi connectivity index (χ1v) is 8.51. The van der Waals surface area contributed by atoms with Crippen LogP contribution in [0.15, 0.2) is 46.9 Å². The minimum absolute atomic E-state index is 0.0330. The number of nitrogens with zero attached hydrogens (tertiary/aromatic N) is 3. The van der Waals surface area contributed by atoms with Gasteiger partial charge in [-0.05, 0) is 43.3 Å². The molecule has 0 saturated carbocycles. The van der Waals surface area contributed by atoms with E-state index >= 15 is 0 Å². The van der Waals surface area contributed by atoms with E-state index in [4.69, 9.17) is 4.42 Å². The van der Waals surface area contributed by atoms with Crippen molar-refractivity contribution in [2.75, 3.05) is 31.1 Å². The van der Waals surface area contributed by atoms with Crippen molar-refractivity contribution in [3.05, 3.63) is 63.9 Å². The van der Waals surface area contributed by atoms with Crippen LogP contribution in [0.25, 0.3) is 6.08 Å². The third-order valence-corrected chi connectivity index (χ3v) is 4.41. The van der Waals surface area contributed by atoms with Gasteiger partial charge in [-0.25, -0.2) is 0 Å². The van der Waals surface area contributed by atoms with E-state index in [0.717, 1.165) is 5.69 Å². The molecule has 0 N–H and O–H groups in total. The molecule has 0 radical (unpaired) electrons. The number of benzene rings is 1. The number of carbonyl (C=O) groups excluding carboxylic acids is 2. The van der Waals surface area contributed by atoms with E-state index in [1.54, 1.807) is 17.0 Å². The van der Waals surface area contributed by atoms with Gasteiger partial charge in [0.2, 0.25) is 5.91 Å². The molecule has 2 aromatic rings. The van der Waals surface area contributed by atoms with Gasteiger partial charge < -0.3 is 14.2 Å². The molecule has 0 atom stereocenters. The maximum Gasteiger partial charge on any atom is 0.433 e. The van der Waals surface area contributed by atoms with E-state index in [1.807, 2.05) is 12.1 Å². The lowest BCUT2D eigenvalue weighted by atomic mass is 10.1. The van der Waals surface area contributed by atoms with Crippen molar-refractivity contribution < 1.29 is 18.9 Å². The molecule has 0 bridgehead atoms. The van der Waals surface area contributed by atoms with Crippen LogP contribution in [0.1, 0.15) is 23.0 Å². The van der Waals surface area contributed by atoms with Gasteiger partial charge in [-0.2, -0.15) is 0 Å². The average Bonchev–Trinajstić information content (AvgIpc) is 3.16. The molecular weight excluding hydrogens is 350 g/mol. The van der Waals surface area contributed by atoms with Crippen LogP contribution >= 0.6 is 0 Å². The maximum atomic E-state index is 12.3. The summed E-state index contributed by atoms with van der Waals surface area (Å²) < 4.78 is 5.00. The van der Waals surface area contributed by atoms with Crippen molar-refractivity contribution in [3.8, 4) is 0 Å². The van der Waals surface area contributed by atoms with Gasteiger partial charge in [0.1, 0.15) is 10.7 Å². The minimum atomic E-state index is -0.624. The van der Waals surface area contributed by atoms with Gasteiger partial charge in [-0.1, -0.05) is 0 Å². The molecule has 1 amide bonds. The largest absolute Gasteiger partial charge is 0.433 e. The summed E-state index contributed by atoms with van der Waals surface area (Å²) >= 11 is 0. The smallest absolute Gasteiger partial charge is 0.401 e. The first-order valence-electron chi connectivity index (χ1n) is 8.51. The van der Waals surface area contributed by atoms with E-state index in [2.05, 4.69) is 4.90 Å². The Morgan fingerprint density at radius 1 is 1.07 bits per heavy atom. The highest BCUT2D eigenvalue weighted by Gasteiger charge is 2.20. The van der Waals surface area contributed by atoms with E-state index in [1.165, 1.54) is 31.2 Å². The number of rotatable bonds is 5. The van der Waals surface area contributed by atoms with E-state index in [-0.39, 0.29) is 23.3 Å². The van der Waals surface area contributed by atoms with Crippen LogP contribution in [0.3, 0.4) is 0 Å². The monoisotopic (exact) mass is 369 g/mol. The molecule has 27 heavy (non-hydrogen) atoms. The topological polar surface area (TPSA) is 96.9 Å². The fourth-order valence-electron chi connectivity index (χ4n) is 2.88. The molecule has 1 aromatic heterocycles. The normalized spacial score (nSPS) is 14.6. The number of ketones is 1. The Labute approximate surface area is 155 Å². The summed E-state index contributed by atoms with van der Waals surface area (Å²) in [6.45, 7) is 4.04. The Morgan fingerprint density at radius 2 is 1.74 bits per heavy atom. The number of carbonyl (C=O) groups is 2. The summed E-state index contributed by atoms with van der Waals surface area (Å²) in [6, 6.07) is 10.1. The third-order valence-electron chi connectivity index (χ3n) is 4.41. The van der Waals surface area contributed by atoms with Crippen molar-refractivity contribution in [2.45, 2.75) is 6.92 Å². The number of anilines is 1. The lowest BCUT2D eigenvalue weighted by Gasteiger charge is -2.35. The molecule has 140 valence electrons. The highest BCUT2D eigenvalue weighted by molar-refractivity contribution is 5.94. The van der Waals surface area contributed by atoms with Crippen molar-refractivity contribution in [1.82, 2.24) is 4.90 Å². The highest BCUT2D eigenvalue weighted by atomic mass is 16.6. The molecule has 1 aromatic carbocycles. The molecule has 1 aliphatic heterocycles. The standard InChI is InChI=1S/C19H19N3O5/c1-14(23)15-2-4-16(5-3-15)20-10-12-21(13-11-20)18(24)8-6-17-7-9-19(27-17)22(25)26/h2-9H,10-13H2,1H3/b8-6+. The Hall–Kier alpha value is -3.42. The Kier molecular flexibility index (Phi) is 5.35. The summed E-state index contributed by atoms with van der Waals surface area (Å²) in [7, 11) is 0. The van der Waals surface area contributed by atoms with Gasteiger partial charge in [0.15, 0.2) is 5.78 Å². The predicted molar refractivity (Wildman–Crippen MR) is 99.6 cm³/mol. The lowest BCUT2D eigenvalue weighted by molar-refractivity contribution is -0.402. The first kappa shape index (κ1) is 18.4. The summed E-state index contributed by atoms with van der Waals surface area (Å²) in [5, 5.41) is 10.6. The van der Waals surface area contributed by atoms with Crippen LogP contribution < -0.4 is 4.90 Å². The lowest BCUT2D eigenvalue weighted by Crippen LogP contribution is -2.48. The average molecular weight is 369 g/mol. The van der Waals surface area contributed by atoms with Crippen molar-refractivity contribution >= 4 is 29.3 Å². The number of furan rings is 1. The SMILES string of the molecule is CC(=O)c1ccc(N2CCN(C(=O)/C=C/c3ccc([N+](=O)[O-])o3)CC2)cc1. The molecule has 3 rings (SSSR count). The van der Waals surface area contributed by atoms with Gasteiger partial charge in [0.05, 0.1) is 6.07 Å². The fraction of sp³-hybridized carbons (Fsp3) is 0.263. The maximum absolute atomic E-state index is 12.3. The Bertz CT molecular complexity index is 877. The number of nitro groups is 1. The third kappa shape index (κ3) is 4.41. The number of amides is 1. The van der Waals surface area contributed by atoms with Gasteiger partial charge in [0.25, 0.3) is 0 Å². The molecule has 0 unspecified atom stereocenters. The summed E-state index contributed by atoms with van der Waals surface area (Å²) in [4.78, 5) is 37.5. The molecule has 8 heteroatoms. The van der Waals surface area contributed by atoms with Crippen LogP contribution in [0.2, 0.25) is 0 Å². The minimum Gasteiger partial charge on any atom is -0.401 e. The van der Waals surface area contributed by atoms with Crippen LogP contribution in [0.4, 0.5) is 11.6 Å². The fourth-order valence-corrected chi connectivity index (χ4v) is 2.88. The van der Waals surface area contributed by atoms with Gasteiger partial charge in [0, 0.05) is 43.5 Å². The van der Waals surface area contributed by atoms with Crippen LogP contribution in [-0.4, -0.2) is 47.7 Å². The molecule has 2 heterocycles. The second-order valence-electron chi connectivity index (χ2n) is 6.18. The molecular formula is C19H19N3O5. The zero-order chi connectivity index (χ0) is 19.4. The second-order valence-corrected chi connectivity index (χ2v) is 6.18. The van der Waals surface area contributed by atoms with Crippen LogP contribution in [-0.2, 0) is 4.79 Å². The molecule has 1 aliphatic rings. The quantitative estimate of drug-likeness (QED) is 0.348. The van der Waals surface area contributed by atoms with Crippen LogP contribution in [0, 0.1) is 10.1 Å². The number of piperazine rings is 1. The zero-order valence-corrected chi connectivity index (χ0v) is 14.8. The van der Waals surface area contributed by atoms with Crippen molar-refractivity contribution in [3.63, 3.8) is 0 Å². The van der Waals surface area contributed by atoms with Crippen LogP contribution in [0.5, 0.6) is 0 Å². The first-order chi connectivity index (χ1) is 12.9. The molecule has 1 saturated heterocycles. The summed E-state index contributed by atoms with van der Waals surface area (Å²) in [6.07, 6.45) is 2.79. The van der Waals surface area contributed by atoms with Crippen molar-refractivity contribution in [1.29, 1.82) is 0 Å². The second kappa shape index (κ2) is 7.86. The summed E-state index contributed by atoms with van der Waals surface area (Å²) in [5.74, 6) is -0.225. The zero-order valence-electron chi connectivity index (χ0n) is 14.8. The molecule has 1 fully saturated rings. The van der Waals surface area contributed by atoms with Crippen molar-refractivity contribution in [2.24, 2.45) is 0 Å². The van der Waals surface area contributed by atoms with Gasteiger partial charge in [-0.3, -0.25) is 19.7 Å². The molecule has 0 aliphatic carbocycles. The highest BCUT2D eigenvalue weighted by Crippen LogP contribution is 2.19. The van der Waals surface area contributed by atoms with Gasteiger partial charge in [-0.15, -0.1) is 0 Å².